The zero-order chi connectivity index (χ0) is 12.7. The fourth-order valence-corrected chi connectivity index (χ4v) is 2.48. The van der Waals surface area contributed by atoms with Gasteiger partial charge >= 0.3 is 0 Å². The molecule has 1 aromatic heterocycles. The number of imidazole rings is 1. The molecule has 2 nitrogen and oxygen atoms in total. The minimum Gasteiger partial charge on any atom is -0.327 e. The van der Waals surface area contributed by atoms with E-state index >= 15 is 0 Å². The number of hydrogen-bond acceptors (Lipinski definition) is 1. The molecule has 0 saturated heterocycles. The summed E-state index contributed by atoms with van der Waals surface area (Å²) in [5.74, 6) is 1.00. The van der Waals surface area contributed by atoms with E-state index < -0.39 is 0 Å². The Kier molecular flexibility index (Phi) is 2.71. The Morgan fingerprint density at radius 3 is 2.50 bits per heavy atom. The molecule has 3 aromatic rings. The molecule has 0 unspecified atom stereocenters. The number of hydrogen-bond donors (Lipinski definition) is 0. The highest BCUT2D eigenvalue weighted by atomic mass is 79.9. The van der Waals surface area contributed by atoms with E-state index in [4.69, 9.17) is 4.98 Å². The predicted octanol–water partition coefficient (Wildman–Crippen LogP) is 4.31. The lowest BCUT2D eigenvalue weighted by Crippen LogP contribution is -1.92. The van der Waals surface area contributed by atoms with Crippen LogP contribution in [0.2, 0.25) is 0 Å². The van der Waals surface area contributed by atoms with Gasteiger partial charge in [0, 0.05) is 17.1 Å². The minimum atomic E-state index is 1.00. The first-order valence-corrected chi connectivity index (χ1v) is 6.63. The third-order valence-electron chi connectivity index (χ3n) is 3.15. The van der Waals surface area contributed by atoms with Gasteiger partial charge < -0.3 is 4.57 Å². The maximum Gasteiger partial charge on any atom is 0.140 e. The van der Waals surface area contributed by atoms with E-state index in [1.165, 1.54) is 5.56 Å². The van der Waals surface area contributed by atoms with Gasteiger partial charge in [-0.25, -0.2) is 4.98 Å². The molecule has 0 atom stereocenters. The van der Waals surface area contributed by atoms with Crippen molar-refractivity contribution in [1.29, 1.82) is 0 Å². The molecule has 3 heteroatoms. The molecule has 0 bridgehead atoms. The molecule has 0 aliphatic rings. The summed E-state index contributed by atoms with van der Waals surface area (Å²) in [6.07, 6.45) is 0. The zero-order valence-electron chi connectivity index (χ0n) is 10.3. The van der Waals surface area contributed by atoms with E-state index in [1.54, 1.807) is 0 Å². The fourth-order valence-electron chi connectivity index (χ4n) is 2.13. The maximum absolute atomic E-state index is 4.71. The number of aryl methyl sites for hydroxylation is 2. The van der Waals surface area contributed by atoms with Crippen LogP contribution >= 0.6 is 15.9 Å². The first-order chi connectivity index (χ1) is 8.65. The number of halogens is 1. The average Bonchev–Trinajstić information content (AvgIpc) is 2.67. The number of benzene rings is 2. The van der Waals surface area contributed by atoms with Gasteiger partial charge in [0.1, 0.15) is 5.82 Å². The Labute approximate surface area is 114 Å². The summed E-state index contributed by atoms with van der Waals surface area (Å²) in [5, 5.41) is 0. The molecule has 0 fully saturated rings. The molecule has 3 rings (SSSR count). The van der Waals surface area contributed by atoms with Crippen LogP contribution < -0.4 is 0 Å². The SMILES string of the molecule is Cc1ccc(-c2nc3cc(Br)ccc3n2C)cc1. The van der Waals surface area contributed by atoms with Crippen molar-refractivity contribution in [1.82, 2.24) is 9.55 Å². The van der Waals surface area contributed by atoms with E-state index in [9.17, 15) is 0 Å². The van der Waals surface area contributed by atoms with Gasteiger partial charge in [-0.15, -0.1) is 0 Å². The van der Waals surface area contributed by atoms with E-state index in [2.05, 4.69) is 64.8 Å². The van der Waals surface area contributed by atoms with Gasteiger partial charge in [0.25, 0.3) is 0 Å². The second kappa shape index (κ2) is 4.25. The molecule has 0 aliphatic heterocycles. The van der Waals surface area contributed by atoms with E-state index in [1.807, 2.05) is 12.1 Å². The van der Waals surface area contributed by atoms with Crippen LogP contribution in [0.15, 0.2) is 46.9 Å². The van der Waals surface area contributed by atoms with Crippen LogP contribution in [-0.2, 0) is 7.05 Å². The molecule has 0 aliphatic carbocycles. The van der Waals surface area contributed by atoms with Crippen molar-refractivity contribution in [2.75, 3.05) is 0 Å². The number of nitrogens with zero attached hydrogens (tertiary/aromatic N) is 2. The molecule has 0 amide bonds. The van der Waals surface area contributed by atoms with Gasteiger partial charge in [0.15, 0.2) is 0 Å². The van der Waals surface area contributed by atoms with Crippen LogP contribution in [0.4, 0.5) is 0 Å². The summed E-state index contributed by atoms with van der Waals surface area (Å²) in [6.45, 7) is 2.09. The minimum absolute atomic E-state index is 1.00. The highest BCUT2D eigenvalue weighted by molar-refractivity contribution is 9.10. The van der Waals surface area contributed by atoms with Crippen LogP contribution in [0.1, 0.15) is 5.56 Å². The molecule has 1 heterocycles. The van der Waals surface area contributed by atoms with Crippen molar-refractivity contribution in [3.8, 4) is 11.4 Å². The lowest BCUT2D eigenvalue weighted by molar-refractivity contribution is 0.959. The summed E-state index contributed by atoms with van der Waals surface area (Å²) < 4.78 is 3.19. The summed E-state index contributed by atoms with van der Waals surface area (Å²) in [4.78, 5) is 4.71. The average molecular weight is 301 g/mol. The molecule has 0 saturated carbocycles. The number of fused-ring (bicyclic) bond motifs is 1. The highest BCUT2D eigenvalue weighted by Gasteiger charge is 2.09. The van der Waals surface area contributed by atoms with Crippen molar-refractivity contribution in [2.24, 2.45) is 7.05 Å². The normalized spacial score (nSPS) is 11.1. The molecule has 90 valence electrons. The van der Waals surface area contributed by atoms with E-state index in [-0.39, 0.29) is 0 Å². The summed E-state index contributed by atoms with van der Waals surface area (Å²) in [5.41, 5.74) is 4.58. The second-order valence-electron chi connectivity index (χ2n) is 4.49. The Balaban J connectivity index is 2.23. The van der Waals surface area contributed by atoms with Gasteiger partial charge in [-0.1, -0.05) is 45.8 Å². The summed E-state index contributed by atoms with van der Waals surface area (Å²) in [7, 11) is 2.05. The first kappa shape index (κ1) is 11.5. The van der Waals surface area contributed by atoms with Crippen molar-refractivity contribution in [3.05, 3.63) is 52.5 Å². The monoisotopic (exact) mass is 300 g/mol. The van der Waals surface area contributed by atoms with Gasteiger partial charge in [0.05, 0.1) is 11.0 Å². The molecule has 0 radical (unpaired) electrons. The Bertz CT molecular complexity index is 711. The van der Waals surface area contributed by atoms with Crippen molar-refractivity contribution < 1.29 is 0 Å². The topological polar surface area (TPSA) is 17.8 Å². The molecule has 18 heavy (non-hydrogen) atoms. The molecule has 2 aromatic carbocycles. The van der Waals surface area contributed by atoms with Gasteiger partial charge in [0.2, 0.25) is 0 Å². The van der Waals surface area contributed by atoms with Crippen LogP contribution in [0, 0.1) is 6.92 Å². The third-order valence-corrected chi connectivity index (χ3v) is 3.65. The second-order valence-corrected chi connectivity index (χ2v) is 5.41. The lowest BCUT2D eigenvalue weighted by atomic mass is 10.1. The van der Waals surface area contributed by atoms with Gasteiger partial charge in [-0.05, 0) is 25.1 Å². The number of aromatic nitrogens is 2. The quantitative estimate of drug-likeness (QED) is 0.655. The highest BCUT2D eigenvalue weighted by Crippen LogP contribution is 2.25. The third kappa shape index (κ3) is 1.85. The molecular weight excluding hydrogens is 288 g/mol. The Morgan fingerprint density at radius 2 is 1.78 bits per heavy atom. The summed E-state index contributed by atoms with van der Waals surface area (Å²) in [6, 6.07) is 14.6. The smallest absolute Gasteiger partial charge is 0.140 e. The van der Waals surface area contributed by atoms with Crippen molar-refractivity contribution in [3.63, 3.8) is 0 Å². The van der Waals surface area contributed by atoms with Crippen LogP contribution in [-0.4, -0.2) is 9.55 Å². The van der Waals surface area contributed by atoms with E-state index in [0.29, 0.717) is 0 Å². The largest absolute Gasteiger partial charge is 0.327 e. The zero-order valence-corrected chi connectivity index (χ0v) is 11.9. The Hall–Kier alpha value is -1.61. The van der Waals surface area contributed by atoms with Crippen LogP contribution in [0.3, 0.4) is 0 Å². The van der Waals surface area contributed by atoms with Crippen LogP contribution in [0.5, 0.6) is 0 Å². The fraction of sp³-hybridized carbons (Fsp3) is 0.133. The predicted molar refractivity (Wildman–Crippen MR) is 78.6 cm³/mol. The number of rotatable bonds is 1. The standard InChI is InChI=1S/C15H13BrN2/c1-10-3-5-11(6-4-10)15-17-13-9-12(16)7-8-14(13)18(15)2/h3-9H,1-2H3. The maximum atomic E-state index is 4.71. The molecule has 0 N–H and O–H groups in total. The van der Waals surface area contributed by atoms with Gasteiger partial charge in [-0.2, -0.15) is 0 Å². The van der Waals surface area contributed by atoms with Crippen molar-refractivity contribution >= 4 is 27.0 Å². The molecular formula is C15H13BrN2. The Morgan fingerprint density at radius 1 is 1.06 bits per heavy atom. The summed E-state index contributed by atoms with van der Waals surface area (Å²) >= 11 is 3.48. The van der Waals surface area contributed by atoms with Gasteiger partial charge in [-0.3, -0.25) is 0 Å². The lowest BCUT2D eigenvalue weighted by Gasteiger charge is -2.02. The first-order valence-electron chi connectivity index (χ1n) is 5.84. The van der Waals surface area contributed by atoms with E-state index in [0.717, 1.165) is 26.9 Å². The molecule has 0 spiro atoms. The van der Waals surface area contributed by atoms with Crippen molar-refractivity contribution in [2.45, 2.75) is 6.92 Å². The van der Waals surface area contributed by atoms with Crippen LogP contribution in [0.25, 0.3) is 22.4 Å².